The molecule has 1 aliphatic heterocycles. The Hall–Kier alpha value is -3.95. The lowest BCUT2D eigenvalue weighted by molar-refractivity contribution is -0.131. The molecular weight excluding hydrogens is 489 g/mol. The van der Waals surface area contributed by atoms with Crippen molar-refractivity contribution in [1.82, 2.24) is 24.6 Å². The number of anilines is 2. The highest BCUT2D eigenvalue weighted by Crippen LogP contribution is 2.40. The van der Waals surface area contributed by atoms with E-state index in [0.29, 0.717) is 56.7 Å². The van der Waals surface area contributed by atoms with Gasteiger partial charge in [-0.05, 0) is 30.3 Å². The van der Waals surface area contributed by atoms with Crippen molar-refractivity contribution in [1.29, 1.82) is 0 Å². The molecule has 0 atom stereocenters. The number of fused-ring (bicyclic) bond motifs is 1. The van der Waals surface area contributed by atoms with Gasteiger partial charge in [-0.25, -0.2) is 9.97 Å². The molecule has 3 N–H and O–H groups in total. The number of amides is 2. The van der Waals surface area contributed by atoms with Gasteiger partial charge >= 0.3 is 0 Å². The fraction of sp³-hybridized carbons (Fsp3) is 0.125. The number of rotatable bonds is 5. The smallest absolute Gasteiger partial charge is 0.256 e. The molecule has 0 aliphatic carbocycles. The Labute approximate surface area is 210 Å². The fourth-order valence-electron chi connectivity index (χ4n) is 4.00. The van der Waals surface area contributed by atoms with Gasteiger partial charge in [0, 0.05) is 30.4 Å². The maximum atomic E-state index is 12.7. The first-order valence-corrected chi connectivity index (χ1v) is 11.4. The van der Waals surface area contributed by atoms with Crippen LogP contribution < -0.4 is 11.1 Å². The van der Waals surface area contributed by atoms with Crippen LogP contribution in [0.4, 0.5) is 11.6 Å². The van der Waals surface area contributed by atoms with Crippen molar-refractivity contribution in [3.05, 3.63) is 77.1 Å². The predicted octanol–water partition coefficient (Wildman–Crippen LogP) is 4.20. The molecule has 0 unspecified atom stereocenters. The van der Waals surface area contributed by atoms with Crippen molar-refractivity contribution in [2.24, 2.45) is 0 Å². The van der Waals surface area contributed by atoms with Gasteiger partial charge in [0.2, 0.25) is 5.91 Å². The van der Waals surface area contributed by atoms with Gasteiger partial charge in [0.1, 0.15) is 17.3 Å². The van der Waals surface area contributed by atoms with Gasteiger partial charge in [-0.1, -0.05) is 41.9 Å². The molecule has 176 valence electrons. The minimum Gasteiger partial charge on any atom is -0.383 e. The summed E-state index contributed by atoms with van der Waals surface area (Å²) in [5.74, 6) is 0.184. The van der Waals surface area contributed by atoms with Crippen LogP contribution >= 0.6 is 23.2 Å². The molecule has 4 aromatic rings. The minimum absolute atomic E-state index is 0.100. The van der Waals surface area contributed by atoms with Crippen molar-refractivity contribution in [2.75, 3.05) is 24.1 Å². The number of carbonyl (C=O) groups is 2. The first kappa shape index (κ1) is 22.8. The second-order valence-electron chi connectivity index (χ2n) is 7.97. The molecule has 1 fully saturated rings. The average Bonchev–Trinajstić information content (AvgIpc) is 3.22. The molecule has 0 bridgehead atoms. The number of hydrogen-bond donors (Lipinski definition) is 2. The second-order valence-corrected chi connectivity index (χ2v) is 8.79. The highest BCUT2D eigenvalue weighted by molar-refractivity contribution is 6.37. The average molecular weight is 508 g/mol. The van der Waals surface area contributed by atoms with E-state index in [-0.39, 0.29) is 23.7 Å². The highest BCUT2D eigenvalue weighted by atomic mass is 35.5. The summed E-state index contributed by atoms with van der Waals surface area (Å²) in [7, 11) is 0. The Kier molecular flexibility index (Phi) is 5.88. The van der Waals surface area contributed by atoms with E-state index in [1.54, 1.807) is 52.2 Å². The van der Waals surface area contributed by atoms with Crippen LogP contribution in [0.15, 0.2) is 61.4 Å². The summed E-state index contributed by atoms with van der Waals surface area (Å²) >= 11 is 13.1. The van der Waals surface area contributed by atoms with E-state index in [1.807, 2.05) is 0 Å². The summed E-state index contributed by atoms with van der Waals surface area (Å²) in [5.41, 5.74) is 8.25. The van der Waals surface area contributed by atoms with Crippen LogP contribution in [-0.4, -0.2) is 49.6 Å². The number of halogens is 2. The Balaban J connectivity index is 1.52. The first-order valence-electron chi connectivity index (χ1n) is 10.6. The van der Waals surface area contributed by atoms with Crippen LogP contribution in [0.1, 0.15) is 16.4 Å². The van der Waals surface area contributed by atoms with Crippen molar-refractivity contribution < 1.29 is 9.59 Å². The number of carbonyl (C=O) groups excluding carboxylic acids is 2. The molecular formula is C24H19Cl2N7O2. The fourth-order valence-corrected chi connectivity index (χ4v) is 4.50. The molecule has 0 saturated carbocycles. The van der Waals surface area contributed by atoms with Crippen LogP contribution in [0.2, 0.25) is 10.0 Å². The van der Waals surface area contributed by atoms with Crippen LogP contribution in [0, 0.1) is 0 Å². The zero-order valence-corrected chi connectivity index (χ0v) is 19.8. The van der Waals surface area contributed by atoms with Crippen LogP contribution in [-0.2, 0) is 4.79 Å². The topological polar surface area (TPSA) is 119 Å². The monoisotopic (exact) mass is 507 g/mol. The minimum atomic E-state index is -0.349. The van der Waals surface area contributed by atoms with Gasteiger partial charge in [0.15, 0.2) is 0 Å². The van der Waals surface area contributed by atoms with Crippen LogP contribution in [0.3, 0.4) is 0 Å². The Morgan fingerprint density at radius 2 is 1.94 bits per heavy atom. The number of nitrogen functional groups attached to an aromatic ring is 1. The molecule has 35 heavy (non-hydrogen) atoms. The number of pyridine rings is 2. The lowest BCUT2D eigenvalue weighted by Gasteiger charge is -2.38. The Morgan fingerprint density at radius 3 is 2.63 bits per heavy atom. The van der Waals surface area contributed by atoms with E-state index < -0.39 is 0 Å². The maximum absolute atomic E-state index is 12.7. The number of likely N-dealkylation sites (tertiary alicyclic amines) is 1. The maximum Gasteiger partial charge on any atom is 0.256 e. The van der Waals surface area contributed by atoms with Crippen molar-refractivity contribution in [3.8, 4) is 11.3 Å². The summed E-state index contributed by atoms with van der Waals surface area (Å²) in [5, 5.41) is 8.75. The van der Waals surface area contributed by atoms with Crippen molar-refractivity contribution in [2.45, 2.75) is 6.04 Å². The molecule has 1 aliphatic rings. The summed E-state index contributed by atoms with van der Waals surface area (Å²) in [6.07, 6.45) is 4.34. The zero-order chi connectivity index (χ0) is 24.7. The number of nitrogens with zero attached hydrogens (tertiary/aromatic N) is 5. The van der Waals surface area contributed by atoms with E-state index in [0.717, 1.165) is 0 Å². The van der Waals surface area contributed by atoms with Crippen LogP contribution in [0.25, 0.3) is 22.2 Å². The lowest BCUT2D eigenvalue weighted by atomic mass is 10.1. The van der Waals surface area contributed by atoms with Gasteiger partial charge in [0.05, 0.1) is 33.2 Å². The molecule has 9 nitrogen and oxygen atoms in total. The third-order valence-electron chi connectivity index (χ3n) is 5.80. The molecule has 4 heterocycles. The van der Waals surface area contributed by atoms with E-state index in [2.05, 4.69) is 21.9 Å². The van der Waals surface area contributed by atoms with Crippen LogP contribution in [0.5, 0.6) is 0 Å². The Morgan fingerprint density at radius 1 is 1.14 bits per heavy atom. The van der Waals surface area contributed by atoms with Gasteiger partial charge in [0.25, 0.3) is 5.91 Å². The van der Waals surface area contributed by atoms with E-state index in [1.165, 1.54) is 12.3 Å². The number of hydrogen-bond acceptors (Lipinski definition) is 6. The highest BCUT2D eigenvalue weighted by Gasteiger charge is 2.34. The summed E-state index contributed by atoms with van der Waals surface area (Å²) in [4.78, 5) is 34.5. The van der Waals surface area contributed by atoms with Crippen molar-refractivity contribution in [3.63, 3.8) is 0 Å². The quantitative estimate of drug-likeness (QED) is 0.390. The normalized spacial score (nSPS) is 13.5. The third-order valence-corrected chi connectivity index (χ3v) is 6.39. The number of benzene rings is 1. The van der Waals surface area contributed by atoms with E-state index >= 15 is 0 Å². The molecule has 5 rings (SSSR count). The summed E-state index contributed by atoms with van der Waals surface area (Å²) in [6.45, 7) is 4.44. The molecule has 1 saturated heterocycles. The zero-order valence-electron chi connectivity index (χ0n) is 18.3. The second kappa shape index (κ2) is 9.01. The van der Waals surface area contributed by atoms with Crippen molar-refractivity contribution >= 4 is 57.6 Å². The van der Waals surface area contributed by atoms with Gasteiger partial charge in [-0.2, -0.15) is 5.10 Å². The Bertz CT molecular complexity index is 1480. The first-order chi connectivity index (χ1) is 16.9. The standard InChI is InChI=1S/C24H19Cl2N7O2/c1-2-19(34)32-11-14(12-32)33-22-17(26)10-29-23(27)20(22)21(31-33)15-7-6-13(9-16(15)25)24(35)30-18-5-3-4-8-28-18/h2-10,14H,1,11-12H2,(H2,27,29)(H,28,30,35). The molecule has 11 heteroatoms. The number of aromatic nitrogens is 4. The van der Waals surface area contributed by atoms with E-state index in [9.17, 15) is 9.59 Å². The molecule has 0 spiro atoms. The third kappa shape index (κ3) is 4.09. The summed E-state index contributed by atoms with van der Waals surface area (Å²) < 4.78 is 1.76. The molecule has 1 aromatic carbocycles. The molecule has 2 amide bonds. The van der Waals surface area contributed by atoms with Gasteiger partial charge < -0.3 is 16.0 Å². The molecule has 3 aromatic heterocycles. The lowest BCUT2D eigenvalue weighted by Crippen LogP contribution is -2.50. The number of nitrogens with one attached hydrogen (secondary N) is 1. The largest absolute Gasteiger partial charge is 0.383 e. The summed E-state index contributed by atoms with van der Waals surface area (Å²) in [6, 6.07) is 10.0. The van der Waals surface area contributed by atoms with E-state index in [4.69, 9.17) is 34.0 Å². The van der Waals surface area contributed by atoms with Gasteiger partial charge in [-0.3, -0.25) is 14.3 Å². The number of nitrogens with two attached hydrogens (primary N) is 1. The predicted molar refractivity (Wildman–Crippen MR) is 135 cm³/mol. The molecule has 0 radical (unpaired) electrons. The van der Waals surface area contributed by atoms with Gasteiger partial charge in [-0.15, -0.1) is 0 Å². The SMILES string of the molecule is C=CC(=O)N1CC(n2nc(-c3ccc(C(=O)Nc4ccccn4)cc3Cl)c3c(N)ncc(Cl)c32)C1.